The van der Waals surface area contributed by atoms with Crippen molar-refractivity contribution in [3.8, 4) is 0 Å². The molecule has 2 rings (SSSR count). The molecule has 0 bridgehead atoms. The molecule has 1 aromatic carbocycles. The summed E-state index contributed by atoms with van der Waals surface area (Å²) in [4.78, 5) is 4.02. The Hall–Kier alpha value is -1.38. The van der Waals surface area contributed by atoms with Crippen molar-refractivity contribution in [3.63, 3.8) is 0 Å². The van der Waals surface area contributed by atoms with E-state index in [9.17, 15) is 8.42 Å². The van der Waals surface area contributed by atoms with E-state index < -0.39 is 10.0 Å². The fourth-order valence-corrected chi connectivity index (χ4v) is 3.06. The molecule has 8 heteroatoms. The molecule has 0 atom stereocenters. The van der Waals surface area contributed by atoms with Crippen molar-refractivity contribution in [2.75, 3.05) is 5.73 Å². The summed E-state index contributed by atoms with van der Waals surface area (Å²) in [6.07, 6.45) is 2.29. The van der Waals surface area contributed by atoms with Crippen LogP contribution in [0.5, 0.6) is 0 Å². The van der Waals surface area contributed by atoms with E-state index in [0.717, 1.165) is 0 Å². The van der Waals surface area contributed by atoms with E-state index >= 15 is 0 Å². The monoisotopic (exact) mass is 359 g/mol. The first kappa shape index (κ1) is 15.0. The van der Waals surface area contributed by atoms with Crippen molar-refractivity contribution in [3.05, 3.63) is 40.5 Å². The van der Waals surface area contributed by atoms with Gasteiger partial charge in [0.15, 0.2) is 0 Å². The van der Waals surface area contributed by atoms with Crippen molar-refractivity contribution >= 4 is 31.6 Å². The number of nitrogen functional groups attached to an aromatic ring is 1. The van der Waals surface area contributed by atoms with Crippen molar-refractivity contribution in [1.82, 2.24) is 9.71 Å². The van der Waals surface area contributed by atoms with Crippen molar-refractivity contribution in [1.29, 1.82) is 0 Å². The molecule has 0 amide bonds. The highest BCUT2D eigenvalue weighted by molar-refractivity contribution is 9.10. The van der Waals surface area contributed by atoms with Gasteiger partial charge in [-0.2, -0.15) is 0 Å². The van der Waals surface area contributed by atoms with Gasteiger partial charge in [0.05, 0.1) is 18.4 Å². The summed E-state index contributed by atoms with van der Waals surface area (Å²) in [6.45, 7) is 1.91. The third-order valence-electron chi connectivity index (χ3n) is 2.62. The zero-order valence-corrected chi connectivity index (χ0v) is 13.2. The van der Waals surface area contributed by atoms with Gasteiger partial charge in [-0.25, -0.2) is 18.1 Å². The first-order valence-corrected chi connectivity index (χ1v) is 8.18. The summed E-state index contributed by atoms with van der Waals surface area (Å²) < 4.78 is 32.7. The SMILES string of the molecule is CCc1cnc(CNS(=O)(=O)c2ccc(Br)cc2N)o1. The van der Waals surface area contributed by atoms with Gasteiger partial charge in [0.25, 0.3) is 0 Å². The van der Waals surface area contributed by atoms with Gasteiger partial charge in [-0.05, 0) is 18.2 Å². The number of nitrogens with two attached hydrogens (primary N) is 1. The van der Waals surface area contributed by atoms with Crippen LogP contribution in [0.15, 0.2) is 38.2 Å². The van der Waals surface area contributed by atoms with Gasteiger partial charge < -0.3 is 10.2 Å². The maximum Gasteiger partial charge on any atom is 0.243 e. The third-order valence-corrected chi connectivity index (χ3v) is 4.59. The molecule has 0 aliphatic carbocycles. The lowest BCUT2D eigenvalue weighted by Gasteiger charge is -2.08. The Kier molecular flexibility index (Phi) is 4.46. The summed E-state index contributed by atoms with van der Waals surface area (Å²) in [5.74, 6) is 1.03. The van der Waals surface area contributed by atoms with E-state index in [1.165, 1.54) is 12.1 Å². The van der Waals surface area contributed by atoms with E-state index in [0.29, 0.717) is 22.5 Å². The number of rotatable bonds is 5. The molecule has 6 nitrogen and oxygen atoms in total. The number of benzene rings is 1. The van der Waals surface area contributed by atoms with Crippen LogP contribution in [-0.4, -0.2) is 13.4 Å². The zero-order chi connectivity index (χ0) is 14.8. The molecule has 3 N–H and O–H groups in total. The van der Waals surface area contributed by atoms with Crippen molar-refractivity contribution in [2.24, 2.45) is 0 Å². The lowest BCUT2D eigenvalue weighted by atomic mass is 10.3. The predicted octanol–water partition coefficient (Wildman–Crippen LogP) is 2.06. The van der Waals surface area contributed by atoms with Crippen LogP contribution in [0.3, 0.4) is 0 Å². The smallest absolute Gasteiger partial charge is 0.243 e. The standard InChI is InChI=1S/C12H14BrN3O3S/c1-2-9-6-15-12(19-9)7-16-20(17,18)11-4-3-8(13)5-10(11)14/h3-6,16H,2,7,14H2,1H3. The lowest BCUT2D eigenvalue weighted by Crippen LogP contribution is -2.24. The molecule has 0 fully saturated rings. The molecule has 2 aromatic rings. The second kappa shape index (κ2) is 5.94. The Morgan fingerprint density at radius 3 is 2.80 bits per heavy atom. The van der Waals surface area contributed by atoms with Crippen LogP contribution in [0.1, 0.15) is 18.6 Å². The average Bonchev–Trinajstić information content (AvgIpc) is 2.84. The zero-order valence-electron chi connectivity index (χ0n) is 10.8. The molecule has 0 aliphatic rings. The maximum atomic E-state index is 12.1. The second-order valence-electron chi connectivity index (χ2n) is 4.08. The van der Waals surface area contributed by atoms with E-state index in [4.69, 9.17) is 10.2 Å². The van der Waals surface area contributed by atoms with Crippen LogP contribution in [0.4, 0.5) is 5.69 Å². The summed E-state index contributed by atoms with van der Waals surface area (Å²) in [5, 5.41) is 0. The number of aromatic nitrogens is 1. The van der Waals surface area contributed by atoms with Crippen LogP contribution in [0, 0.1) is 0 Å². The number of nitrogens with one attached hydrogen (secondary N) is 1. The minimum absolute atomic E-state index is 0.0160. The first-order valence-electron chi connectivity index (χ1n) is 5.90. The maximum absolute atomic E-state index is 12.1. The van der Waals surface area contributed by atoms with Crippen LogP contribution < -0.4 is 10.5 Å². The van der Waals surface area contributed by atoms with Gasteiger partial charge in [-0.1, -0.05) is 22.9 Å². The van der Waals surface area contributed by atoms with E-state index in [2.05, 4.69) is 25.6 Å². The normalized spacial score (nSPS) is 11.7. The topological polar surface area (TPSA) is 98.2 Å². The average molecular weight is 360 g/mol. The molecule has 0 radical (unpaired) electrons. The Morgan fingerprint density at radius 1 is 1.45 bits per heavy atom. The quantitative estimate of drug-likeness (QED) is 0.796. The highest BCUT2D eigenvalue weighted by Gasteiger charge is 2.18. The molecule has 108 valence electrons. The van der Waals surface area contributed by atoms with Crippen LogP contribution in [0.25, 0.3) is 0 Å². The Balaban J connectivity index is 2.14. The molecular formula is C12H14BrN3O3S. The number of halogens is 1. The third kappa shape index (κ3) is 3.38. The number of sulfonamides is 1. The van der Waals surface area contributed by atoms with Gasteiger partial charge in [-0.15, -0.1) is 0 Å². The predicted molar refractivity (Wildman–Crippen MR) is 78.5 cm³/mol. The van der Waals surface area contributed by atoms with Gasteiger partial charge in [0, 0.05) is 10.9 Å². The molecule has 0 saturated heterocycles. The largest absolute Gasteiger partial charge is 0.444 e. The second-order valence-corrected chi connectivity index (χ2v) is 6.73. The van der Waals surface area contributed by atoms with Crippen LogP contribution in [0.2, 0.25) is 0 Å². The minimum atomic E-state index is -3.70. The van der Waals surface area contributed by atoms with E-state index in [1.54, 1.807) is 12.3 Å². The summed E-state index contributed by atoms with van der Waals surface area (Å²) in [7, 11) is -3.70. The molecule has 0 spiro atoms. The van der Waals surface area contributed by atoms with Crippen molar-refractivity contribution in [2.45, 2.75) is 24.8 Å². The lowest BCUT2D eigenvalue weighted by molar-refractivity contribution is 0.452. The molecular weight excluding hydrogens is 346 g/mol. The summed E-state index contributed by atoms with van der Waals surface area (Å²) in [5.41, 5.74) is 5.89. The summed E-state index contributed by atoms with van der Waals surface area (Å²) in [6, 6.07) is 4.59. The number of hydrogen-bond acceptors (Lipinski definition) is 5. The fraction of sp³-hybridized carbons (Fsp3) is 0.250. The first-order chi connectivity index (χ1) is 9.42. The molecule has 20 heavy (non-hydrogen) atoms. The Bertz CT molecular complexity index is 712. The van der Waals surface area contributed by atoms with Gasteiger partial charge in [0.1, 0.15) is 10.7 Å². The molecule has 1 aromatic heterocycles. The number of anilines is 1. The van der Waals surface area contributed by atoms with E-state index in [1.807, 2.05) is 6.92 Å². The van der Waals surface area contributed by atoms with Crippen LogP contribution >= 0.6 is 15.9 Å². The van der Waals surface area contributed by atoms with Gasteiger partial charge in [-0.3, -0.25) is 0 Å². The highest BCUT2D eigenvalue weighted by Crippen LogP contribution is 2.22. The molecule has 0 aliphatic heterocycles. The summed E-state index contributed by atoms with van der Waals surface area (Å²) >= 11 is 3.23. The number of aryl methyl sites for hydroxylation is 1. The van der Waals surface area contributed by atoms with Crippen LogP contribution in [-0.2, 0) is 23.0 Å². The highest BCUT2D eigenvalue weighted by atomic mass is 79.9. The molecule has 0 unspecified atom stereocenters. The number of hydrogen-bond donors (Lipinski definition) is 2. The molecule has 0 saturated carbocycles. The minimum Gasteiger partial charge on any atom is -0.444 e. The van der Waals surface area contributed by atoms with Gasteiger partial charge >= 0.3 is 0 Å². The number of oxazole rings is 1. The Labute approximate surface area is 125 Å². The fourth-order valence-electron chi connectivity index (χ4n) is 1.59. The van der Waals surface area contributed by atoms with E-state index in [-0.39, 0.29) is 17.1 Å². The molecule has 1 heterocycles. The Morgan fingerprint density at radius 2 is 2.20 bits per heavy atom. The van der Waals surface area contributed by atoms with Gasteiger partial charge in [0.2, 0.25) is 15.9 Å². The van der Waals surface area contributed by atoms with Crippen molar-refractivity contribution < 1.29 is 12.8 Å². The number of nitrogens with zero attached hydrogens (tertiary/aromatic N) is 1.